The van der Waals surface area contributed by atoms with Gasteiger partial charge in [0.25, 0.3) is 11.2 Å². The van der Waals surface area contributed by atoms with Gasteiger partial charge in [-0.25, -0.2) is 4.98 Å². The summed E-state index contributed by atoms with van der Waals surface area (Å²) in [4.78, 5) is 43.9. The number of fused-ring (bicyclic) bond motifs is 3. The van der Waals surface area contributed by atoms with Crippen molar-refractivity contribution in [3.05, 3.63) is 91.1 Å². The highest BCUT2D eigenvalue weighted by atomic mass is 32.2. The van der Waals surface area contributed by atoms with E-state index in [-0.39, 0.29) is 28.3 Å². The quantitative estimate of drug-likeness (QED) is 0.117. The molecule has 9 heteroatoms. The van der Waals surface area contributed by atoms with Gasteiger partial charge in [0.05, 0.1) is 21.7 Å². The Morgan fingerprint density at radius 3 is 2.79 bits per heavy atom. The predicted molar refractivity (Wildman–Crippen MR) is 135 cm³/mol. The molecule has 172 valence electrons. The average molecular weight is 492 g/mol. The van der Waals surface area contributed by atoms with Crippen LogP contribution in [0, 0.1) is 16.0 Å². The van der Waals surface area contributed by atoms with E-state index in [1.54, 1.807) is 22.0 Å². The van der Waals surface area contributed by atoms with Crippen LogP contribution in [0.3, 0.4) is 0 Å². The fourth-order valence-corrected chi connectivity index (χ4v) is 6.61. The molecule has 0 N–H and O–H groups in total. The second-order valence-electron chi connectivity index (χ2n) is 8.42. The monoisotopic (exact) mass is 491 g/mol. The first-order valence-corrected chi connectivity index (χ1v) is 12.8. The maximum absolute atomic E-state index is 13.8. The van der Waals surface area contributed by atoms with E-state index in [0.717, 1.165) is 24.8 Å². The Morgan fingerprint density at radius 1 is 1.24 bits per heavy atom. The number of ketones is 1. The Morgan fingerprint density at radius 2 is 2.03 bits per heavy atom. The molecule has 0 amide bonds. The molecule has 0 spiro atoms. The van der Waals surface area contributed by atoms with Gasteiger partial charge in [0.1, 0.15) is 4.83 Å². The first-order chi connectivity index (χ1) is 16.4. The molecule has 0 fully saturated rings. The highest BCUT2D eigenvalue weighted by molar-refractivity contribution is 7.99. The predicted octanol–water partition coefficient (Wildman–Crippen LogP) is 5.46. The van der Waals surface area contributed by atoms with Crippen LogP contribution in [0.4, 0.5) is 5.69 Å². The smallest absolute Gasteiger partial charge is 0.270 e. The molecule has 0 aliphatic heterocycles. The lowest BCUT2D eigenvalue weighted by molar-refractivity contribution is -0.384. The number of hydrogen-bond donors (Lipinski definition) is 0. The molecule has 1 atom stereocenters. The summed E-state index contributed by atoms with van der Waals surface area (Å²) in [6.45, 7) is 2.23. The third-order valence-electron chi connectivity index (χ3n) is 6.02. The minimum absolute atomic E-state index is 0.00801. The first-order valence-electron chi connectivity index (χ1n) is 11.0. The summed E-state index contributed by atoms with van der Waals surface area (Å²) < 4.78 is 1.58. The number of non-ortho nitro benzene ring substituents is 1. The third kappa shape index (κ3) is 4.17. The van der Waals surface area contributed by atoms with Gasteiger partial charge >= 0.3 is 0 Å². The molecule has 34 heavy (non-hydrogen) atoms. The zero-order valence-corrected chi connectivity index (χ0v) is 20.0. The maximum atomic E-state index is 13.8. The van der Waals surface area contributed by atoms with Crippen molar-refractivity contribution in [2.75, 3.05) is 5.75 Å². The van der Waals surface area contributed by atoms with Gasteiger partial charge in [0, 0.05) is 22.6 Å². The lowest BCUT2D eigenvalue weighted by Crippen LogP contribution is -2.23. The van der Waals surface area contributed by atoms with Crippen molar-refractivity contribution in [3.8, 4) is 5.69 Å². The molecule has 2 aromatic carbocycles. The Balaban J connectivity index is 1.56. The van der Waals surface area contributed by atoms with E-state index in [1.807, 2.05) is 30.3 Å². The number of nitro benzene ring substituents is 1. The summed E-state index contributed by atoms with van der Waals surface area (Å²) >= 11 is 2.75. The number of para-hydroxylation sites is 1. The van der Waals surface area contributed by atoms with Crippen LogP contribution in [0.15, 0.2) is 64.5 Å². The van der Waals surface area contributed by atoms with Gasteiger partial charge in [0.15, 0.2) is 10.9 Å². The number of hydrogen-bond acceptors (Lipinski definition) is 7. The summed E-state index contributed by atoms with van der Waals surface area (Å²) in [5.41, 5.74) is 1.82. The first kappa shape index (κ1) is 22.5. The minimum Gasteiger partial charge on any atom is -0.293 e. The lowest BCUT2D eigenvalue weighted by atomic mass is 9.89. The Kier molecular flexibility index (Phi) is 6.05. The van der Waals surface area contributed by atoms with Crippen LogP contribution in [0.25, 0.3) is 15.9 Å². The number of Topliss-reactive ketones (excluding diaryl/α,β-unsaturated/α-hetero) is 1. The number of aromatic nitrogens is 2. The number of carbonyl (C=O) groups excluding carboxylic acids is 1. The van der Waals surface area contributed by atoms with Crippen molar-refractivity contribution in [1.82, 2.24) is 9.55 Å². The van der Waals surface area contributed by atoms with Gasteiger partial charge in [0.2, 0.25) is 0 Å². The summed E-state index contributed by atoms with van der Waals surface area (Å²) in [5, 5.41) is 12.2. The highest BCUT2D eigenvalue weighted by Crippen LogP contribution is 2.37. The molecule has 1 unspecified atom stereocenters. The molecule has 5 rings (SSSR count). The van der Waals surface area contributed by atoms with Crippen molar-refractivity contribution in [2.45, 2.75) is 31.3 Å². The van der Waals surface area contributed by atoms with E-state index in [4.69, 9.17) is 4.98 Å². The van der Waals surface area contributed by atoms with Crippen LogP contribution in [-0.4, -0.2) is 26.0 Å². The van der Waals surface area contributed by atoms with Gasteiger partial charge < -0.3 is 0 Å². The highest BCUT2D eigenvalue weighted by Gasteiger charge is 2.25. The lowest BCUT2D eigenvalue weighted by Gasteiger charge is -2.17. The van der Waals surface area contributed by atoms with Crippen molar-refractivity contribution in [2.24, 2.45) is 5.92 Å². The van der Waals surface area contributed by atoms with Crippen LogP contribution < -0.4 is 5.56 Å². The summed E-state index contributed by atoms with van der Waals surface area (Å²) in [5.74, 6) is 0.328. The SMILES string of the molecule is CC1CCc2c(sc3nc(SCC(=O)c4cccc([N+](=O)[O-])c4)n(-c4ccccc4)c(=O)c23)C1. The Hall–Kier alpha value is -3.30. The maximum Gasteiger partial charge on any atom is 0.270 e. The Bertz CT molecular complexity index is 1480. The number of thiophene rings is 1. The van der Waals surface area contributed by atoms with Gasteiger partial charge in [-0.1, -0.05) is 49.0 Å². The number of nitro groups is 1. The molecular formula is C25H21N3O4S2. The molecule has 2 aromatic heterocycles. The molecule has 2 heterocycles. The molecule has 0 radical (unpaired) electrons. The fourth-order valence-electron chi connectivity index (χ4n) is 4.28. The summed E-state index contributed by atoms with van der Waals surface area (Å²) in [6, 6.07) is 15.0. The number of aryl methyl sites for hydroxylation is 1. The van der Waals surface area contributed by atoms with Gasteiger partial charge in [-0.2, -0.15) is 0 Å². The molecular weight excluding hydrogens is 470 g/mol. The van der Waals surface area contributed by atoms with Crippen molar-refractivity contribution in [1.29, 1.82) is 0 Å². The topological polar surface area (TPSA) is 95.1 Å². The van der Waals surface area contributed by atoms with Crippen LogP contribution in [-0.2, 0) is 12.8 Å². The molecule has 1 aliphatic carbocycles. The van der Waals surface area contributed by atoms with Crippen LogP contribution in [0.2, 0.25) is 0 Å². The van der Waals surface area contributed by atoms with E-state index < -0.39 is 4.92 Å². The van der Waals surface area contributed by atoms with Crippen LogP contribution >= 0.6 is 23.1 Å². The van der Waals surface area contributed by atoms with Gasteiger partial charge in [-0.15, -0.1) is 11.3 Å². The number of carbonyl (C=O) groups is 1. The molecule has 0 saturated carbocycles. The fraction of sp³-hybridized carbons (Fsp3) is 0.240. The van der Waals surface area contributed by atoms with E-state index >= 15 is 0 Å². The second-order valence-corrected chi connectivity index (χ2v) is 10.4. The minimum atomic E-state index is -0.522. The number of thioether (sulfide) groups is 1. The molecule has 7 nitrogen and oxygen atoms in total. The van der Waals surface area contributed by atoms with E-state index in [9.17, 15) is 19.7 Å². The van der Waals surface area contributed by atoms with Gasteiger partial charge in [-0.3, -0.25) is 24.3 Å². The molecule has 0 saturated heterocycles. The third-order valence-corrected chi connectivity index (χ3v) is 8.11. The van der Waals surface area contributed by atoms with E-state index in [1.165, 1.54) is 34.8 Å². The standard InChI is InChI=1S/C25H21N3O4S2/c1-15-10-11-19-21(12-15)34-23-22(19)24(30)27(17-7-3-2-4-8-17)25(26-23)33-14-20(29)16-6-5-9-18(13-16)28(31)32/h2-9,13,15H,10-12,14H2,1H3. The van der Waals surface area contributed by atoms with E-state index in [0.29, 0.717) is 27.0 Å². The zero-order valence-electron chi connectivity index (χ0n) is 18.4. The second kappa shape index (κ2) is 9.15. The molecule has 1 aliphatic rings. The molecule has 4 aromatic rings. The summed E-state index contributed by atoms with van der Waals surface area (Å²) in [7, 11) is 0. The number of nitrogens with zero attached hydrogens (tertiary/aromatic N) is 3. The normalized spacial score (nSPS) is 15.3. The van der Waals surface area contributed by atoms with Crippen molar-refractivity contribution < 1.29 is 9.72 Å². The Labute approximate surface area is 203 Å². The molecule has 0 bridgehead atoms. The average Bonchev–Trinajstić information content (AvgIpc) is 3.20. The van der Waals surface area contributed by atoms with Gasteiger partial charge in [-0.05, 0) is 42.9 Å². The van der Waals surface area contributed by atoms with Crippen LogP contribution in [0.1, 0.15) is 34.1 Å². The largest absolute Gasteiger partial charge is 0.293 e. The zero-order chi connectivity index (χ0) is 23.8. The van der Waals surface area contributed by atoms with Crippen LogP contribution in [0.5, 0.6) is 0 Å². The number of benzene rings is 2. The van der Waals surface area contributed by atoms with Crippen molar-refractivity contribution in [3.63, 3.8) is 0 Å². The van der Waals surface area contributed by atoms with Crippen molar-refractivity contribution >= 4 is 44.8 Å². The number of rotatable bonds is 6. The summed E-state index contributed by atoms with van der Waals surface area (Å²) in [6.07, 6.45) is 2.88. The van der Waals surface area contributed by atoms with E-state index in [2.05, 4.69) is 6.92 Å².